The molecule has 0 saturated heterocycles. The van der Waals surface area contributed by atoms with Crippen LogP contribution >= 0.6 is 0 Å². The van der Waals surface area contributed by atoms with E-state index in [0.29, 0.717) is 0 Å². The standard InChI is InChI=1S/C15H12N2/c16-10-12-6-8-15-13(12)7-9-14(17-15)11-4-2-1-3-5-11/h1-5,7,9,12H,6,8H2. The quantitative estimate of drug-likeness (QED) is 0.739. The minimum Gasteiger partial charge on any atom is -0.253 e. The maximum Gasteiger partial charge on any atom is 0.0734 e. The number of rotatable bonds is 1. The van der Waals surface area contributed by atoms with Crippen LogP contribution in [0, 0.1) is 11.3 Å². The summed E-state index contributed by atoms with van der Waals surface area (Å²) in [7, 11) is 0. The normalized spacial score (nSPS) is 17.5. The Morgan fingerprint density at radius 2 is 1.94 bits per heavy atom. The summed E-state index contributed by atoms with van der Waals surface area (Å²) in [5, 5.41) is 9.02. The van der Waals surface area contributed by atoms with Crippen LogP contribution in [0.2, 0.25) is 0 Å². The molecule has 1 unspecified atom stereocenters. The predicted molar refractivity (Wildman–Crippen MR) is 66.3 cm³/mol. The van der Waals surface area contributed by atoms with Gasteiger partial charge in [-0.3, -0.25) is 4.98 Å². The van der Waals surface area contributed by atoms with E-state index in [9.17, 15) is 0 Å². The van der Waals surface area contributed by atoms with Gasteiger partial charge in [0.25, 0.3) is 0 Å². The predicted octanol–water partition coefficient (Wildman–Crippen LogP) is 3.30. The van der Waals surface area contributed by atoms with Crippen LogP contribution in [0.3, 0.4) is 0 Å². The molecule has 2 heteroatoms. The van der Waals surface area contributed by atoms with Crippen LogP contribution in [0.25, 0.3) is 11.3 Å². The first-order valence-electron chi connectivity index (χ1n) is 5.83. The second-order valence-electron chi connectivity index (χ2n) is 4.32. The maximum absolute atomic E-state index is 9.02. The molecule has 1 aliphatic rings. The van der Waals surface area contributed by atoms with E-state index >= 15 is 0 Å². The third-order valence-corrected chi connectivity index (χ3v) is 3.28. The van der Waals surface area contributed by atoms with E-state index < -0.39 is 0 Å². The second kappa shape index (κ2) is 4.03. The fraction of sp³-hybridized carbons (Fsp3) is 0.200. The fourth-order valence-electron chi connectivity index (χ4n) is 2.37. The lowest BCUT2D eigenvalue weighted by molar-refractivity contribution is 0.822. The SMILES string of the molecule is N#CC1CCc2nc(-c3ccccc3)ccc21. The van der Waals surface area contributed by atoms with E-state index in [1.807, 2.05) is 24.3 Å². The third kappa shape index (κ3) is 1.70. The number of nitriles is 1. The van der Waals surface area contributed by atoms with Crippen LogP contribution in [0.15, 0.2) is 42.5 Å². The zero-order chi connectivity index (χ0) is 11.7. The first-order chi connectivity index (χ1) is 8.38. The Hall–Kier alpha value is -2.14. The van der Waals surface area contributed by atoms with Crippen LogP contribution in [-0.4, -0.2) is 4.98 Å². The third-order valence-electron chi connectivity index (χ3n) is 3.28. The Morgan fingerprint density at radius 3 is 2.71 bits per heavy atom. The molecule has 1 aromatic carbocycles. The topological polar surface area (TPSA) is 36.7 Å². The summed E-state index contributed by atoms with van der Waals surface area (Å²) in [5.41, 5.74) is 4.35. The van der Waals surface area contributed by atoms with Crippen molar-refractivity contribution in [2.75, 3.05) is 0 Å². The second-order valence-corrected chi connectivity index (χ2v) is 4.32. The van der Waals surface area contributed by atoms with Gasteiger partial charge in [-0.05, 0) is 24.5 Å². The van der Waals surface area contributed by atoms with Crippen molar-refractivity contribution in [3.8, 4) is 17.3 Å². The van der Waals surface area contributed by atoms with Gasteiger partial charge in [0.15, 0.2) is 0 Å². The number of fused-ring (bicyclic) bond motifs is 1. The lowest BCUT2D eigenvalue weighted by Gasteiger charge is -2.05. The highest BCUT2D eigenvalue weighted by Crippen LogP contribution is 2.32. The molecule has 0 spiro atoms. The zero-order valence-electron chi connectivity index (χ0n) is 9.43. The molecule has 3 rings (SSSR count). The van der Waals surface area contributed by atoms with Crippen LogP contribution in [-0.2, 0) is 6.42 Å². The van der Waals surface area contributed by atoms with Crippen LogP contribution in [0.5, 0.6) is 0 Å². The van der Waals surface area contributed by atoms with Crippen molar-refractivity contribution in [2.45, 2.75) is 18.8 Å². The van der Waals surface area contributed by atoms with E-state index in [2.05, 4.69) is 29.3 Å². The molecule has 0 fully saturated rings. The number of aryl methyl sites for hydroxylation is 1. The number of benzene rings is 1. The highest BCUT2D eigenvalue weighted by Gasteiger charge is 2.23. The lowest BCUT2D eigenvalue weighted by atomic mass is 10.0. The lowest BCUT2D eigenvalue weighted by Crippen LogP contribution is -1.93. The molecule has 0 N–H and O–H groups in total. The van der Waals surface area contributed by atoms with E-state index in [1.54, 1.807) is 0 Å². The molecule has 2 nitrogen and oxygen atoms in total. The summed E-state index contributed by atoms with van der Waals surface area (Å²) in [4.78, 5) is 4.67. The Bertz CT molecular complexity index is 582. The molecule has 1 aromatic heterocycles. The van der Waals surface area contributed by atoms with Gasteiger partial charge < -0.3 is 0 Å². The van der Waals surface area contributed by atoms with Gasteiger partial charge >= 0.3 is 0 Å². The van der Waals surface area contributed by atoms with E-state index in [1.165, 1.54) is 0 Å². The van der Waals surface area contributed by atoms with Gasteiger partial charge in [-0.15, -0.1) is 0 Å². The molecular weight excluding hydrogens is 208 g/mol. The number of hydrogen-bond acceptors (Lipinski definition) is 2. The molecule has 1 heterocycles. The summed E-state index contributed by atoms with van der Waals surface area (Å²) in [5.74, 6) is 0.0438. The van der Waals surface area contributed by atoms with Gasteiger partial charge in [-0.1, -0.05) is 36.4 Å². The summed E-state index contributed by atoms with van der Waals surface area (Å²) >= 11 is 0. The van der Waals surface area contributed by atoms with Crippen LogP contribution < -0.4 is 0 Å². The van der Waals surface area contributed by atoms with Crippen molar-refractivity contribution in [1.29, 1.82) is 5.26 Å². The van der Waals surface area contributed by atoms with E-state index in [4.69, 9.17) is 5.26 Å². The molecule has 0 bridgehead atoms. The van der Waals surface area contributed by atoms with Gasteiger partial charge in [0.05, 0.1) is 17.7 Å². The van der Waals surface area contributed by atoms with Gasteiger partial charge in [-0.2, -0.15) is 5.26 Å². The number of nitrogens with zero attached hydrogens (tertiary/aromatic N) is 2. The highest BCUT2D eigenvalue weighted by atomic mass is 14.7. The number of aromatic nitrogens is 1. The van der Waals surface area contributed by atoms with Crippen molar-refractivity contribution in [2.24, 2.45) is 0 Å². The molecule has 1 atom stereocenters. The van der Waals surface area contributed by atoms with E-state index in [-0.39, 0.29) is 5.92 Å². The minimum absolute atomic E-state index is 0.0438. The number of pyridine rings is 1. The smallest absolute Gasteiger partial charge is 0.0734 e. The molecule has 1 aliphatic carbocycles. The van der Waals surface area contributed by atoms with Crippen molar-refractivity contribution in [3.05, 3.63) is 53.7 Å². The summed E-state index contributed by atoms with van der Waals surface area (Å²) in [6, 6.07) is 16.6. The van der Waals surface area contributed by atoms with Crippen LogP contribution in [0.1, 0.15) is 23.6 Å². The number of hydrogen-bond donors (Lipinski definition) is 0. The fourth-order valence-corrected chi connectivity index (χ4v) is 2.37. The first kappa shape index (κ1) is 10.0. The monoisotopic (exact) mass is 220 g/mol. The zero-order valence-corrected chi connectivity index (χ0v) is 9.43. The van der Waals surface area contributed by atoms with Crippen molar-refractivity contribution in [1.82, 2.24) is 4.98 Å². The summed E-state index contributed by atoms with van der Waals surface area (Å²) < 4.78 is 0. The Balaban J connectivity index is 2.04. The van der Waals surface area contributed by atoms with Crippen molar-refractivity contribution >= 4 is 0 Å². The molecule has 0 aliphatic heterocycles. The molecule has 82 valence electrons. The van der Waals surface area contributed by atoms with Gasteiger partial charge in [0.1, 0.15) is 0 Å². The average molecular weight is 220 g/mol. The van der Waals surface area contributed by atoms with E-state index in [0.717, 1.165) is 35.4 Å². The molecular formula is C15H12N2. The highest BCUT2D eigenvalue weighted by molar-refractivity contribution is 5.60. The van der Waals surface area contributed by atoms with Gasteiger partial charge in [0, 0.05) is 11.3 Å². The van der Waals surface area contributed by atoms with Crippen LogP contribution in [0.4, 0.5) is 0 Å². The van der Waals surface area contributed by atoms with Crippen molar-refractivity contribution < 1.29 is 0 Å². The Kier molecular flexibility index (Phi) is 2.38. The first-order valence-corrected chi connectivity index (χ1v) is 5.83. The van der Waals surface area contributed by atoms with Gasteiger partial charge in [-0.25, -0.2) is 0 Å². The summed E-state index contributed by atoms with van der Waals surface area (Å²) in [6.45, 7) is 0. The summed E-state index contributed by atoms with van der Waals surface area (Å²) in [6.07, 6.45) is 1.84. The Labute approximate surface area is 101 Å². The molecule has 17 heavy (non-hydrogen) atoms. The molecule has 2 aromatic rings. The molecule has 0 saturated carbocycles. The average Bonchev–Trinajstić information content (AvgIpc) is 2.81. The van der Waals surface area contributed by atoms with Gasteiger partial charge in [0.2, 0.25) is 0 Å². The largest absolute Gasteiger partial charge is 0.253 e. The molecule has 0 amide bonds. The minimum atomic E-state index is 0.0438. The molecule has 0 radical (unpaired) electrons. The maximum atomic E-state index is 9.02. The van der Waals surface area contributed by atoms with Crippen molar-refractivity contribution in [3.63, 3.8) is 0 Å². The Morgan fingerprint density at radius 1 is 1.12 bits per heavy atom.